The fourth-order valence-electron chi connectivity index (χ4n) is 3.29. The van der Waals surface area contributed by atoms with E-state index in [9.17, 15) is 0 Å². The number of guanidine groups is 1. The number of aromatic nitrogens is 6. The summed E-state index contributed by atoms with van der Waals surface area (Å²) in [6.45, 7) is 3.48. The molecule has 0 bridgehead atoms. The summed E-state index contributed by atoms with van der Waals surface area (Å²) < 4.78 is 4.00. The summed E-state index contributed by atoms with van der Waals surface area (Å²) in [6, 6.07) is 6.19. The number of aryl methyl sites for hydroxylation is 2. The molecule has 1 unspecified atom stereocenters. The van der Waals surface area contributed by atoms with Gasteiger partial charge in [0.15, 0.2) is 11.6 Å². The highest BCUT2D eigenvalue weighted by molar-refractivity contribution is 5.79. The molecule has 0 saturated heterocycles. The molecular weight excluding hydrogens is 330 g/mol. The minimum atomic E-state index is 0.295. The third-order valence-electron chi connectivity index (χ3n) is 4.55. The van der Waals surface area contributed by atoms with E-state index in [1.165, 1.54) is 0 Å². The van der Waals surface area contributed by atoms with Gasteiger partial charge in [-0.25, -0.2) is 9.67 Å². The Morgan fingerprint density at radius 2 is 2.27 bits per heavy atom. The summed E-state index contributed by atoms with van der Waals surface area (Å²) in [5, 5.41) is 19.7. The maximum atomic E-state index is 4.45. The van der Waals surface area contributed by atoms with Crippen molar-refractivity contribution < 1.29 is 0 Å². The van der Waals surface area contributed by atoms with E-state index in [4.69, 9.17) is 0 Å². The minimum Gasteiger partial charge on any atom is -0.356 e. The van der Waals surface area contributed by atoms with E-state index in [2.05, 4.69) is 35.9 Å². The zero-order valence-electron chi connectivity index (χ0n) is 15.1. The van der Waals surface area contributed by atoms with Gasteiger partial charge in [0.25, 0.3) is 0 Å². The molecule has 0 spiro atoms. The highest BCUT2D eigenvalue weighted by Gasteiger charge is 2.21. The van der Waals surface area contributed by atoms with E-state index < -0.39 is 0 Å². The SMILES string of the molecule is CN=C(NCCc1nnc2ccccn12)NC1CCc2nc(C)nn2C1. The summed E-state index contributed by atoms with van der Waals surface area (Å²) in [4.78, 5) is 8.78. The van der Waals surface area contributed by atoms with Crippen LogP contribution in [0.25, 0.3) is 5.65 Å². The first-order valence-electron chi connectivity index (χ1n) is 8.89. The van der Waals surface area contributed by atoms with Crippen molar-refractivity contribution in [2.24, 2.45) is 4.99 Å². The molecule has 26 heavy (non-hydrogen) atoms. The molecule has 1 atom stereocenters. The van der Waals surface area contributed by atoms with Crippen LogP contribution in [0.4, 0.5) is 0 Å². The first-order valence-corrected chi connectivity index (χ1v) is 8.89. The van der Waals surface area contributed by atoms with Crippen LogP contribution < -0.4 is 10.6 Å². The van der Waals surface area contributed by atoms with Crippen molar-refractivity contribution >= 4 is 11.6 Å². The number of hydrogen-bond donors (Lipinski definition) is 2. The van der Waals surface area contributed by atoms with Crippen molar-refractivity contribution in [1.29, 1.82) is 0 Å². The molecule has 9 heteroatoms. The molecule has 4 heterocycles. The number of pyridine rings is 1. The predicted molar refractivity (Wildman–Crippen MR) is 98.1 cm³/mol. The lowest BCUT2D eigenvalue weighted by atomic mass is 10.1. The third kappa shape index (κ3) is 3.37. The Balaban J connectivity index is 1.31. The number of aliphatic imine (C=N–C) groups is 1. The molecule has 3 aromatic rings. The summed E-state index contributed by atoms with van der Waals surface area (Å²) in [5.74, 6) is 3.64. The molecule has 1 aliphatic rings. The van der Waals surface area contributed by atoms with Crippen LogP contribution in [0.2, 0.25) is 0 Å². The van der Waals surface area contributed by atoms with E-state index in [1.54, 1.807) is 7.05 Å². The maximum Gasteiger partial charge on any atom is 0.191 e. The zero-order valence-corrected chi connectivity index (χ0v) is 15.1. The maximum absolute atomic E-state index is 4.45. The molecular formula is C17H23N9. The van der Waals surface area contributed by atoms with Crippen LogP contribution in [0, 0.1) is 6.92 Å². The lowest BCUT2D eigenvalue weighted by Gasteiger charge is -2.25. The van der Waals surface area contributed by atoms with Crippen LogP contribution in [-0.2, 0) is 19.4 Å². The van der Waals surface area contributed by atoms with Crippen molar-refractivity contribution in [2.45, 2.75) is 38.8 Å². The van der Waals surface area contributed by atoms with Crippen LogP contribution in [0.3, 0.4) is 0 Å². The summed E-state index contributed by atoms with van der Waals surface area (Å²) in [5.41, 5.74) is 0.867. The van der Waals surface area contributed by atoms with Crippen LogP contribution >= 0.6 is 0 Å². The van der Waals surface area contributed by atoms with Crippen LogP contribution in [0.15, 0.2) is 29.4 Å². The second-order valence-corrected chi connectivity index (χ2v) is 6.43. The lowest BCUT2D eigenvalue weighted by Crippen LogP contribution is -2.47. The zero-order chi connectivity index (χ0) is 17.9. The van der Waals surface area contributed by atoms with Gasteiger partial charge in [0.2, 0.25) is 0 Å². The summed E-state index contributed by atoms with van der Waals surface area (Å²) in [7, 11) is 1.79. The number of hydrogen-bond acceptors (Lipinski definition) is 5. The molecule has 0 saturated carbocycles. The predicted octanol–water partition coefficient (Wildman–Crippen LogP) is 0.352. The molecule has 3 aromatic heterocycles. The quantitative estimate of drug-likeness (QED) is 0.519. The van der Waals surface area contributed by atoms with Crippen molar-refractivity contribution in [3.63, 3.8) is 0 Å². The van der Waals surface area contributed by atoms with Crippen molar-refractivity contribution in [2.75, 3.05) is 13.6 Å². The van der Waals surface area contributed by atoms with Crippen molar-refractivity contribution in [1.82, 2.24) is 40.0 Å². The normalized spacial score (nSPS) is 17.3. The molecule has 2 N–H and O–H groups in total. The van der Waals surface area contributed by atoms with Gasteiger partial charge < -0.3 is 10.6 Å². The second-order valence-electron chi connectivity index (χ2n) is 6.43. The topological polar surface area (TPSA) is 97.3 Å². The second kappa shape index (κ2) is 7.11. The molecule has 4 rings (SSSR count). The average Bonchev–Trinajstić information content (AvgIpc) is 3.23. The van der Waals surface area contributed by atoms with Gasteiger partial charge in [-0.3, -0.25) is 9.39 Å². The molecule has 0 aliphatic carbocycles. The van der Waals surface area contributed by atoms with Gasteiger partial charge in [0.1, 0.15) is 17.5 Å². The van der Waals surface area contributed by atoms with Crippen LogP contribution in [0.1, 0.15) is 23.9 Å². The molecule has 9 nitrogen and oxygen atoms in total. The summed E-state index contributed by atoms with van der Waals surface area (Å²) >= 11 is 0. The third-order valence-corrected chi connectivity index (χ3v) is 4.55. The fourth-order valence-corrected chi connectivity index (χ4v) is 3.29. The van der Waals surface area contributed by atoms with Gasteiger partial charge in [0, 0.05) is 38.7 Å². The Morgan fingerprint density at radius 3 is 3.15 bits per heavy atom. The molecule has 0 amide bonds. The van der Waals surface area contributed by atoms with Gasteiger partial charge in [-0.05, 0) is 25.5 Å². The van der Waals surface area contributed by atoms with Gasteiger partial charge >= 0.3 is 0 Å². The van der Waals surface area contributed by atoms with Crippen molar-refractivity contribution in [3.8, 4) is 0 Å². The van der Waals surface area contributed by atoms with Gasteiger partial charge in [-0.2, -0.15) is 5.10 Å². The molecule has 0 aromatic carbocycles. The fraction of sp³-hybridized carbons (Fsp3) is 0.471. The first-order chi connectivity index (χ1) is 12.7. The largest absolute Gasteiger partial charge is 0.356 e. The molecule has 1 aliphatic heterocycles. The Labute approximate surface area is 151 Å². The molecule has 0 fully saturated rings. The summed E-state index contributed by atoms with van der Waals surface area (Å²) in [6.07, 6.45) is 4.70. The van der Waals surface area contributed by atoms with E-state index in [1.807, 2.05) is 40.4 Å². The van der Waals surface area contributed by atoms with Gasteiger partial charge in [0.05, 0.1) is 6.54 Å². The Kier molecular flexibility index (Phi) is 4.51. The molecule has 0 radical (unpaired) electrons. The smallest absolute Gasteiger partial charge is 0.191 e. The Bertz CT molecular complexity index is 923. The molecule has 136 valence electrons. The number of nitrogens with one attached hydrogen (secondary N) is 2. The highest BCUT2D eigenvalue weighted by Crippen LogP contribution is 2.12. The van der Waals surface area contributed by atoms with Crippen LogP contribution in [-0.4, -0.2) is 55.0 Å². The highest BCUT2D eigenvalue weighted by atomic mass is 15.4. The number of nitrogens with zero attached hydrogens (tertiary/aromatic N) is 7. The van der Waals surface area contributed by atoms with Gasteiger partial charge in [-0.1, -0.05) is 6.07 Å². The monoisotopic (exact) mass is 353 g/mol. The number of rotatable bonds is 4. The van der Waals surface area contributed by atoms with E-state index >= 15 is 0 Å². The van der Waals surface area contributed by atoms with E-state index in [0.717, 1.165) is 61.4 Å². The minimum absolute atomic E-state index is 0.295. The standard InChI is InChI=1S/C17H23N9/c1-12-20-14-7-6-13(11-26(14)24-12)21-17(18-2)19-9-8-16-23-22-15-5-3-4-10-25(15)16/h3-5,10,13H,6-9,11H2,1-2H3,(H2,18,19,21). The van der Waals surface area contributed by atoms with E-state index in [-0.39, 0.29) is 0 Å². The van der Waals surface area contributed by atoms with Crippen LogP contribution in [0.5, 0.6) is 0 Å². The first kappa shape index (κ1) is 16.5. The van der Waals surface area contributed by atoms with Gasteiger partial charge in [-0.15, -0.1) is 10.2 Å². The van der Waals surface area contributed by atoms with Crippen molar-refractivity contribution in [3.05, 3.63) is 41.9 Å². The lowest BCUT2D eigenvalue weighted by molar-refractivity contribution is 0.392. The Morgan fingerprint density at radius 1 is 1.35 bits per heavy atom. The average molecular weight is 353 g/mol. The Hall–Kier alpha value is -2.97. The number of fused-ring (bicyclic) bond motifs is 2. The van der Waals surface area contributed by atoms with E-state index in [0.29, 0.717) is 6.04 Å².